The molecule has 9 atom stereocenters. The van der Waals surface area contributed by atoms with E-state index in [0.717, 1.165) is 47.0 Å². The molecule has 8 unspecified atom stereocenters. The van der Waals surface area contributed by atoms with Gasteiger partial charge in [0.15, 0.2) is 0 Å². The van der Waals surface area contributed by atoms with Gasteiger partial charge < -0.3 is 0 Å². The third-order valence-electron chi connectivity index (χ3n) is 11.5. The summed E-state index contributed by atoms with van der Waals surface area (Å²) in [5.74, 6) is 7.21. The molecule has 0 aromatic rings. The Morgan fingerprint density at radius 2 is 1.50 bits per heavy atom. The van der Waals surface area contributed by atoms with Gasteiger partial charge in [0.1, 0.15) is 0 Å². The van der Waals surface area contributed by atoms with Gasteiger partial charge in [-0.2, -0.15) is 0 Å². The van der Waals surface area contributed by atoms with Gasteiger partial charge in [-0.05, 0) is 144 Å². The first-order valence-electron chi connectivity index (χ1n) is 17.0. The van der Waals surface area contributed by atoms with E-state index in [9.17, 15) is 0 Å². The molecule has 0 radical (unpaired) electrons. The van der Waals surface area contributed by atoms with Crippen LogP contribution in [-0.2, 0) is 0 Å². The third kappa shape index (κ3) is 8.36. The zero-order valence-corrected chi connectivity index (χ0v) is 28.1. The standard InChI is InChI=1S/C29H50.C5H8.2C2H6/c1-7-15-28(5)16-13-23-22(19-28)9-10-25-24(23)14-17-29(6)26(11-12-27(25)29)21(4)18-20(3)8-2;1-4-5(2)3;2*1-2/h8,21-27H,7,9-19H2,1-6H3;4H,1-2H2,3H3;2*1-2H3/b20-8+;;;/t21?,22?,23?,24?,25?,26?,27?,28-,29?;;;/m0.../s1. The highest BCUT2D eigenvalue weighted by Gasteiger charge is 2.58. The molecular weight excluding hydrogens is 456 g/mol. The van der Waals surface area contributed by atoms with Crippen LogP contribution in [0.5, 0.6) is 0 Å². The van der Waals surface area contributed by atoms with E-state index in [4.69, 9.17) is 0 Å². The van der Waals surface area contributed by atoms with Gasteiger partial charge in [0, 0.05) is 0 Å². The van der Waals surface area contributed by atoms with E-state index in [-0.39, 0.29) is 0 Å². The van der Waals surface area contributed by atoms with Crippen molar-refractivity contribution in [3.8, 4) is 0 Å². The molecule has 0 spiro atoms. The fourth-order valence-corrected chi connectivity index (χ4v) is 9.76. The number of allylic oxidation sites excluding steroid dienone is 4. The second-order valence-electron chi connectivity index (χ2n) is 13.8. The molecule has 0 amide bonds. The minimum absolute atomic E-state index is 0.646. The summed E-state index contributed by atoms with van der Waals surface area (Å²) in [5, 5.41) is 0. The fraction of sp³-hybridized carbons (Fsp3) is 0.842. The molecule has 0 heteroatoms. The molecule has 4 rings (SSSR count). The van der Waals surface area contributed by atoms with Gasteiger partial charge in [0.05, 0.1) is 0 Å². The van der Waals surface area contributed by atoms with Crippen molar-refractivity contribution in [2.45, 2.75) is 153 Å². The first-order chi connectivity index (χ1) is 18.1. The summed E-state index contributed by atoms with van der Waals surface area (Å²) in [6.45, 7) is 31.8. The molecule has 0 aromatic carbocycles. The SMILES string of the molecule is C/C=C(\C)CC(C)C1CCC2C3CCC4C[C@@](C)(CCC)CCC4C3CCC12C.C=CC(=C)C.CC.CC. The number of rotatable bonds is 6. The lowest BCUT2D eigenvalue weighted by Gasteiger charge is -2.58. The highest BCUT2D eigenvalue weighted by molar-refractivity contribution is 5.09. The molecule has 4 aliphatic carbocycles. The second-order valence-corrected chi connectivity index (χ2v) is 13.8. The topological polar surface area (TPSA) is 0 Å². The third-order valence-corrected chi connectivity index (χ3v) is 11.5. The van der Waals surface area contributed by atoms with Gasteiger partial charge in [0.2, 0.25) is 0 Å². The predicted octanol–water partition coefficient (Wildman–Crippen LogP) is 12.9. The quantitative estimate of drug-likeness (QED) is 0.238. The smallest absolute Gasteiger partial charge is 0.0264 e. The van der Waals surface area contributed by atoms with Gasteiger partial charge in [-0.15, -0.1) is 0 Å². The van der Waals surface area contributed by atoms with Crippen molar-refractivity contribution in [1.82, 2.24) is 0 Å². The minimum atomic E-state index is 0.646. The Bertz CT molecular complexity index is 726. The summed E-state index contributed by atoms with van der Waals surface area (Å²) in [6, 6.07) is 0. The van der Waals surface area contributed by atoms with E-state index in [1.54, 1.807) is 50.2 Å². The summed E-state index contributed by atoms with van der Waals surface area (Å²) in [6.07, 6.45) is 22.2. The molecule has 38 heavy (non-hydrogen) atoms. The average Bonchev–Trinajstić information content (AvgIpc) is 3.28. The van der Waals surface area contributed by atoms with Gasteiger partial charge in [0.25, 0.3) is 0 Å². The molecule has 0 heterocycles. The van der Waals surface area contributed by atoms with Crippen LogP contribution in [-0.4, -0.2) is 0 Å². The van der Waals surface area contributed by atoms with E-state index in [1.165, 1.54) is 38.5 Å². The molecule has 4 aliphatic rings. The average molecular weight is 527 g/mol. The van der Waals surface area contributed by atoms with Crippen molar-refractivity contribution in [2.75, 3.05) is 0 Å². The van der Waals surface area contributed by atoms with Crippen molar-refractivity contribution >= 4 is 0 Å². The maximum atomic E-state index is 3.56. The molecular formula is C38H70. The Hall–Kier alpha value is -0.780. The normalized spacial score (nSPS) is 38.2. The first-order valence-corrected chi connectivity index (χ1v) is 17.0. The van der Waals surface area contributed by atoms with Gasteiger partial charge in [-0.1, -0.05) is 98.3 Å². The summed E-state index contributed by atoms with van der Waals surface area (Å²) < 4.78 is 0. The second kappa shape index (κ2) is 16.5. The largest absolute Gasteiger partial charge is 0.0988 e. The molecule has 0 nitrogen and oxygen atoms in total. The molecule has 0 N–H and O–H groups in total. The highest BCUT2D eigenvalue weighted by atomic mass is 14.6. The monoisotopic (exact) mass is 527 g/mol. The predicted molar refractivity (Wildman–Crippen MR) is 175 cm³/mol. The summed E-state index contributed by atoms with van der Waals surface area (Å²) >= 11 is 0. The van der Waals surface area contributed by atoms with Crippen LogP contribution in [0.15, 0.2) is 36.5 Å². The molecule has 0 aromatic heterocycles. The van der Waals surface area contributed by atoms with Crippen molar-refractivity contribution in [3.05, 3.63) is 36.5 Å². The maximum absolute atomic E-state index is 3.56. The summed E-state index contributed by atoms with van der Waals surface area (Å²) in [7, 11) is 0. The van der Waals surface area contributed by atoms with Crippen LogP contribution in [0.4, 0.5) is 0 Å². The number of hydrogen-bond acceptors (Lipinski definition) is 0. The minimum Gasteiger partial charge on any atom is -0.0988 e. The molecule has 0 aliphatic heterocycles. The van der Waals surface area contributed by atoms with E-state index in [2.05, 4.69) is 60.8 Å². The van der Waals surface area contributed by atoms with Gasteiger partial charge in [-0.3, -0.25) is 0 Å². The van der Waals surface area contributed by atoms with E-state index in [0.29, 0.717) is 10.8 Å². The Balaban J connectivity index is 0.000000709. The van der Waals surface area contributed by atoms with Crippen LogP contribution in [0.2, 0.25) is 0 Å². The van der Waals surface area contributed by atoms with E-state index in [1.807, 2.05) is 34.6 Å². The highest BCUT2D eigenvalue weighted by Crippen LogP contribution is 2.66. The number of fused-ring (bicyclic) bond motifs is 5. The molecule has 0 bridgehead atoms. The van der Waals surface area contributed by atoms with Crippen molar-refractivity contribution in [1.29, 1.82) is 0 Å². The Morgan fingerprint density at radius 1 is 0.895 bits per heavy atom. The van der Waals surface area contributed by atoms with Crippen LogP contribution in [0.1, 0.15) is 153 Å². The Labute approximate surface area is 241 Å². The number of hydrogen-bond donors (Lipinski definition) is 0. The Morgan fingerprint density at radius 3 is 2.05 bits per heavy atom. The zero-order chi connectivity index (χ0) is 29.1. The van der Waals surface area contributed by atoms with Crippen LogP contribution in [0, 0.1) is 52.3 Å². The van der Waals surface area contributed by atoms with Gasteiger partial charge in [-0.25, -0.2) is 0 Å². The molecule has 222 valence electrons. The van der Waals surface area contributed by atoms with Gasteiger partial charge >= 0.3 is 0 Å². The van der Waals surface area contributed by atoms with E-state index >= 15 is 0 Å². The van der Waals surface area contributed by atoms with E-state index < -0.39 is 0 Å². The van der Waals surface area contributed by atoms with Crippen molar-refractivity contribution in [2.24, 2.45) is 52.3 Å². The van der Waals surface area contributed by atoms with Crippen molar-refractivity contribution < 1.29 is 0 Å². The van der Waals surface area contributed by atoms with Crippen molar-refractivity contribution in [3.63, 3.8) is 0 Å². The summed E-state index contributed by atoms with van der Waals surface area (Å²) in [4.78, 5) is 0. The lowest BCUT2D eigenvalue weighted by Crippen LogP contribution is -2.50. The molecule has 4 fully saturated rings. The fourth-order valence-electron chi connectivity index (χ4n) is 9.76. The Kier molecular flexibility index (Phi) is 15.3. The zero-order valence-electron chi connectivity index (χ0n) is 28.1. The molecule has 4 saturated carbocycles. The van der Waals surface area contributed by atoms with Crippen LogP contribution in [0.25, 0.3) is 0 Å². The summed E-state index contributed by atoms with van der Waals surface area (Å²) in [5.41, 5.74) is 3.94. The van der Waals surface area contributed by atoms with Crippen LogP contribution >= 0.6 is 0 Å². The van der Waals surface area contributed by atoms with Crippen LogP contribution in [0.3, 0.4) is 0 Å². The lowest BCUT2D eigenvalue weighted by molar-refractivity contribution is -0.0834. The maximum Gasteiger partial charge on any atom is -0.0264 e. The first kappa shape index (κ1) is 35.2. The molecule has 0 saturated heterocycles. The lowest BCUT2D eigenvalue weighted by atomic mass is 9.47. The van der Waals surface area contributed by atoms with Crippen LogP contribution < -0.4 is 0 Å².